The van der Waals surface area contributed by atoms with Gasteiger partial charge in [-0.1, -0.05) is 78.4 Å². The van der Waals surface area contributed by atoms with E-state index in [1.807, 2.05) is 6.08 Å². The molecule has 0 aliphatic carbocycles. The maximum Gasteiger partial charge on any atom is 0.00357 e. The van der Waals surface area contributed by atoms with Crippen LogP contribution in [0.4, 0.5) is 0 Å². The molecule has 4 atom stereocenters. The molecule has 0 spiro atoms. The molecular weight excluding hydrogens is 254 g/mol. The summed E-state index contributed by atoms with van der Waals surface area (Å²) in [5.41, 5.74) is 0. The van der Waals surface area contributed by atoms with Gasteiger partial charge in [0.25, 0.3) is 0 Å². The molecule has 0 bridgehead atoms. The highest BCUT2D eigenvalue weighted by Gasteiger charge is 2.07. The van der Waals surface area contributed by atoms with Crippen LogP contribution >= 0.6 is 0 Å². The molecule has 0 aliphatic rings. The van der Waals surface area contributed by atoms with E-state index in [9.17, 15) is 0 Å². The summed E-state index contributed by atoms with van der Waals surface area (Å²) < 4.78 is 0. The minimum absolute atomic E-state index is 0.581. The molecule has 1 heteroatoms. The second-order valence-electron chi connectivity index (χ2n) is 7.36. The van der Waals surface area contributed by atoms with E-state index in [2.05, 4.69) is 40.1 Å². The van der Waals surface area contributed by atoms with Gasteiger partial charge >= 0.3 is 0 Å². The van der Waals surface area contributed by atoms with E-state index in [0.29, 0.717) is 12.0 Å². The maximum absolute atomic E-state index is 5.54. The predicted octanol–water partition coefficient (Wildman–Crippen LogP) is 6.00. The Hall–Kier alpha value is -0.300. The van der Waals surface area contributed by atoms with Crippen molar-refractivity contribution >= 4 is 0 Å². The molecular formula is C20H40N. The molecule has 125 valence electrons. The summed E-state index contributed by atoms with van der Waals surface area (Å²) in [6.45, 7) is 14.9. The Morgan fingerprint density at radius 3 is 1.62 bits per heavy atom. The molecule has 0 saturated heterocycles. The zero-order chi connectivity index (χ0) is 16.1. The number of nitrogens with one attached hydrogen (secondary N) is 1. The SMILES string of the molecule is [CH]=CC(C)CCCC(C)CCCC(C)CCCC(C)NC. The van der Waals surface area contributed by atoms with Gasteiger partial charge in [-0.15, -0.1) is 0 Å². The Bertz CT molecular complexity index is 236. The van der Waals surface area contributed by atoms with Gasteiger partial charge in [0, 0.05) is 6.04 Å². The van der Waals surface area contributed by atoms with Crippen LogP contribution in [0.25, 0.3) is 0 Å². The molecule has 0 heterocycles. The van der Waals surface area contributed by atoms with Crippen molar-refractivity contribution in [3.8, 4) is 0 Å². The molecule has 4 unspecified atom stereocenters. The number of hydrogen-bond donors (Lipinski definition) is 1. The number of allylic oxidation sites excluding steroid dienone is 1. The quantitative estimate of drug-likeness (QED) is 0.414. The summed E-state index contributed by atoms with van der Waals surface area (Å²) in [7, 11) is 2.06. The van der Waals surface area contributed by atoms with Crippen molar-refractivity contribution in [1.82, 2.24) is 5.32 Å². The molecule has 1 nitrogen and oxygen atoms in total. The van der Waals surface area contributed by atoms with Crippen LogP contribution in [0.3, 0.4) is 0 Å². The summed E-state index contributed by atoms with van der Waals surface area (Å²) in [6, 6.07) is 0.672. The van der Waals surface area contributed by atoms with E-state index in [1.54, 1.807) is 0 Å². The molecule has 0 saturated carbocycles. The molecule has 0 amide bonds. The highest BCUT2D eigenvalue weighted by molar-refractivity contribution is 4.72. The van der Waals surface area contributed by atoms with Gasteiger partial charge in [-0.3, -0.25) is 0 Å². The largest absolute Gasteiger partial charge is 0.317 e. The van der Waals surface area contributed by atoms with Crippen LogP contribution in [0.5, 0.6) is 0 Å². The highest BCUT2D eigenvalue weighted by atomic mass is 14.8. The molecule has 0 aromatic heterocycles. The van der Waals surface area contributed by atoms with Crippen LogP contribution in [-0.2, 0) is 0 Å². The molecule has 0 rings (SSSR count). The standard InChI is InChI=1S/C20H40N/c1-7-17(2)11-8-12-18(3)13-9-14-19(4)15-10-16-20(5)21-6/h1,7,17-21H,8-16H2,2-6H3. The average molecular weight is 295 g/mol. The topological polar surface area (TPSA) is 12.0 Å². The zero-order valence-corrected chi connectivity index (χ0v) is 15.3. The molecule has 1 radical (unpaired) electrons. The molecule has 0 aliphatic heterocycles. The first kappa shape index (κ1) is 20.7. The Balaban J connectivity index is 3.48. The second kappa shape index (κ2) is 13.4. The van der Waals surface area contributed by atoms with Crippen LogP contribution in [0.15, 0.2) is 6.08 Å². The van der Waals surface area contributed by atoms with Gasteiger partial charge < -0.3 is 5.32 Å². The van der Waals surface area contributed by atoms with Gasteiger partial charge in [-0.05, 0) is 44.6 Å². The fourth-order valence-electron chi connectivity index (χ4n) is 2.90. The average Bonchev–Trinajstić information content (AvgIpc) is 2.46. The number of hydrogen-bond acceptors (Lipinski definition) is 1. The second-order valence-corrected chi connectivity index (χ2v) is 7.36. The summed E-state index contributed by atoms with van der Waals surface area (Å²) in [4.78, 5) is 0. The first-order chi connectivity index (χ1) is 9.99. The third-order valence-electron chi connectivity index (χ3n) is 4.91. The van der Waals surface area contributed by atoms with Crippen molar-refractivity contribution in [2.75, 3.05) is 7.05 Å². The van der Waals surface area contributed by atoms with E-state index in [0.717, 1.165) is 11.8 Å². The smallest absolute Gasteiger partial charge is 0.00357 e. The third kappa shape index (κ3) is 13.1. The minimum Gasteiger partial charge on any atom is -0.317 e. The van der Waals surface area contributed by atoms with Crippen molar-refractivity contribution < 1.29 is 0 Å². The summed E-state index contributed by atoms with van der Waals surface area (Å²) in [5, 5.41) is 3.32. The molecule has 0 aromatic rings. The van der Waals surface area contributed by atoms with Gasteiger partial charge in [0.1, 0.15) is 0 Å². The Kier molecular flexibility index (Phi) is 13.2. The van der Waals surface area contributed by atoms with Crippen molar-refractivity contribution in [1.29, 1.82) is 0 Å². The van der Waals surface area contributed by atoms with E-state index >= 15 is 0 Å². The molecule has 0 aromatic carbocycles. The van der Waals surface area contributed by atoms with E-state index in [-0.39, 0.29) is 0 Å². The fraction of sp³-hybridized carbons (Fsp3) is 0.900. The normalized spacial score (nSPS) is 17.2. The van der Waals surface area contributed by atoms with Crippen LogP contribution in [0, 0.1) is 24.3 Å². The molecule has 21 heavy (non-hydrogen) atoms. The Labute approximate surface area is 135 Å². The monoisotopic (exact) mass is 294 g/mol. The van der Waals surface area contributed by atoms with Gasteiger partial charge in [0.15, 0.2) is 0 Å². The van der Waals surface area contributed by atoms with Crippen molar-refractivity contribution in [3.05, 3.63) is 12.7 Å². The lowest BCUT2D eigenvalue weighted by atomic mass is 9.91. The lowest BCUT2D eigenvalue weighted by Gasteiger charge is -2.16. The lowest BCUT2D eigenvalue weighted by molar-refractivity contribution is 0.384. The van der Waals surface area contributed by atoms with Crippen molar-refractivity contribution in [2.45, 2.75) is 91.5 Å². The summed E-state index contributed by atoms with van der Waals surface area (Å²) >= 11 is 0. The van der Waals surface area contributed by atoms with Crippen molar-refractivity contribution in [3.63, 3.8) is 0 Å². The maximum atomic E-state index is 5.54. The van der Waals surface area contributed by atoms with Crippen molar-refractivity contribution in [2.24, 2.45) is 17.8 Å². The van der Waals surface area contributed by atoms with Gasteiger partial charge in [-0.2, -0.15) is 0 Å². The minimum atomic E-state index is 0.581. The van der Waals surface area contributed by atoms with Crippen LogP contribution < -0.4 is 5.32 Å². The predicted molar refractivity (Wildman–Crippen MR) is 96.4 cm³/mol. The summed E-state index contributed by atoms with van der Waals surface area (Å²) in [6.07, 6.45) is 14.1. The Morgan fingerprint density at radius 1 is 0.762 bits per heavy atom. The zero-order valence-electron chi connectivity index (χ0n) is 15.3. The highest BCUT2D eigenvalue weighted by Crippen LogP contribution is 2.21. The van der Waals surface area contributed by atoms with Gasteiger partial charge in [0.05, 0.1) is 0 Å². The fourth-order valence-corrected chi connectivity index (χ4v) is 2.90. The Morgan fingerprint density at radius 2 is 1.19 bits per heavy atom. The third-order valence-corrected chi connectivity index (χ3v) is 4.91. The summed E-state index contributed by atoms with van der Waals surface area (Å²) in [5.74, 6) is 2.36. The van der Waals surface area contributed by atoms with Gasteiger partial charge in [-0.25, -0.2) is 0 Å². The van der Waals surface area contributed by atoms with Crippen LogP contribution in [0.1, 0.15) is 85.5 Å². The van der Waals surface area contributed by atoms with E-state index in [1.165, 1.54) is 57.8 Å². The molecule has 0 fully saturated rings. The van der Waals surface area contributed by atoms with Crippen LogP contribution in [0.2, 0.25) is 0 Å². The first-order valence-electron chi connectivity index (χ1n) is 9.21. The first-order valence-corrected chi connectivity index (χ1v) is 9.21. The molecule has 1 N–H and O–H groups in total. The number of rotatable bonds is 14. The van der Waals surface area contributed by atoms with E-state index < -0.39 is 0 Å². The van der Waals surface area contributed by atoms with Gasteiger partial charge in [0.2, 0.25) is 0 Å². The lowest BCUT2D eigenvalue weighted by Crippen LogP contribution is -2.20. The van der Waals surface area contributed by atoms with Crippen LogP contribution in [-0.4, -0.2) is 13.1 Å². The van der Waals surface area contributed by atoms with E-state index in [4.69, 9.17) is 6.58 Å².